The van der Waals surface area contributed by atoms with Gasteiger partial charge in [0.05, 0.1) is 0 Å². The fraction of sp³-hybridized carbons (Fsp3) is 0.476. The number of benzene rings is 1. The van der Waals surface area contributed by atoms with Crippen molar-refractivity contribution < 1.29 is 14.4 Å². The van der Waals surface area contributed by atoms with E-state index in [1.54, 1.807) is 6.08 Å². The first-order valence-electron chi connectivity index (χ1n) is 9.41. The molecule has 142 valence electrons. The molecule has 1 aromatic rings. The number of hydrogen-bond donors (Lipinski definition) is 2. The molecule has 3 heterocycles. The Balaban J connectivity index is 1.89. The molecule has 0 spiro atoms. The van der Waals surface area contributed by atoms with E-state index in [0.29, 0.717) is 0 Å². The van der Waals surface area contributed by atoms with E-state index in [1.807, 2.05) is 0 Å². The van der Waals surface area contributed by atoms with Crippen molar-refractivity contribution in [2.75, 3.05) is 18.0 Å². The summed E-state index contributed by atoms with van der Waals surface area (Å²) in [6, 6.07) is 3.41. The number of amides is 4. The Morgan fingerprint density at radius 2 is 1.37 bits per heavy atom. The topological polar surface area (TPSA) is 78.5 Å². The first-order valence-corrected chi connectivity index (χ1v) is 9.41. The Morgan fingerprint density at radius 3 is 1.85 bits per heavy atom. The number of nitrogens with one attached hydrogen (secondary N) is 2. The molecule has 0 saturated carbocycles. The summed E-state index contributed by atoms with van der Waals surface area (Å²) in [4.78, 5) is 38.0. The van der Waals surface area contributed by atoms with Crippen LogP contribution in [0.5, 0.6) is 0 Å². The Hall–Kier alpha value is -2.63. The van der Waals surface area contributed by atoms with Gasteiger partial charge in [0.25, 0.3) is 11.8 Å². The number of nitrogens with zero attached hydrogens (tertiary/aromatic N) is 1. The van der Waals surface area contributed by atoms with Crippen molar-refractivity contribution in [2.24, 2.45) is 0 Å². The summed E-state index contributed by atoms with van der Waals surface area (Å²) < 4.78 is 0. The molecule has 0 aromatic heterocycles. The van der Waals surface area contributed by atoms with Gasteiger partial charge >= 0.3 is 6.03 Å². The van der Waals surface area contributed by atoms with E-state index in [9.17, 15) is 14.4 Å². The highest BCUT2D eigenvalue weighted by Crippen LogP contribution is 2.49. The molecule has 1 saturated heterocycles. The normalized spacial score (nSPS) is 22.7. The smallest absolute Gasteiger partial charge is 0.328 e. The lowest BCUT2D eigenvalue weighted by atomic mass is 9.69. The number of carbonyl (C=O) groups excluding carboxylic acids is 3. The second-order valence-electron chi connectivity index (χ2n) is 9.01. The van der Waals surface area contributed by atoms with E-state index in [1.165, 1.54) is 16.8 Å². The fourth-order valence-electron chi connectivity index (χ4n) is 4.32. The third-order valence-electron chi connectivity index (χ3n) is 6.17. The molecule has 6 nitrogen and oxygen atoms in total. The van der Waals surface area contributed by atoms with Crippen LogP contribution in [-0.4, -0.2) is 30.9 Å². The molecular weight excluding hydrogens is 342 g/mol. The molecule has 2 N–H and O–H groups in total. The quantitative estimate of drug-likeness (QED) is 0.591. The molecule has 6 heteroatoms. The van der Waals surface area contributed by atoms with Crippen LogP contribution in [0.15, 0.2) is 17.7 Å². The number of rotatable bonds is 1. The van der Waals surface area contributed by atoms with Crippen LogP contribution in [0.2, 0.25) is 0 Å². The number of imide groups is 2. The predicted octanol–water partition coefficient (Wildman–Crippen LogP) is 2.60. The van der Waals surface area contributed by atoms with Gasteiger partial charge in [-0.2, -0.15) is 0 Å². The van der Waals surface area contributed by atoms with E-state index < -0.39 is 17.8 Å². The number of urea groups is 1. The van der Waals surface area contributed by atoms with Gasteiger partial charge in [0.1, 0.15) is 5.57 Å². The van der Waals surface area contributed by atoms with Gasteiger partial charge in [0.2, 0.25) is 0 Å². The Morgan fingerprint density at radius 1 is 0.889 bits per heavy atom. The largest absolute Gasteiger partial charge is 0.371 e. The zero-order valence-corrected chi connectivity index (χ0v) is 16.2. The molecule has 0 bridgehead atoms. The summed E-state index contributed by atoms with van der Waals surface area (Å²) in [5.41, 5.74) is 4.67. The van der Waals surface area contributed by atoms with Gasteiger partial charge in [0, 0.05) is 18.8 Å². The highest BCUT2D eigenvalue weighted by Gasteiger charge is 2.40. The number of carbonyl (C=O) groups is 3. The molecule has 4 rings (SSSR count). The van der Waals surface area contributed by atoms with Crippen LogP contribution >= 0.6 is 0 Å². The predicted molar refractivity (Wildman–Crippen MR) is 104 cm³/mol. The lowest BCUT2D eigenvalue weighted by Crippen LogP contribution is -2.51. The maximum Gasteiger partial charge on any atom is 0.328 e. The molecule has 1 aromatic carbocycles. The van der Waals surface area contributed by atoms with Crippen LogP contribution < -0.4 is 15.5 Å². The first-order chi connectivity index (χ1) is 12.6. The van der Waals surface area contributed by atoms with Crippen LogP contribution in [0.25, 0.3) is 6.08 Å². The van der Waals surface area contributed by atoms with Gasteiger partial charge in [-0.05, 0) is 58.6 Å². The van der Waals surface area contributed by atoms with Crippen LogP contribution in [-0.2, 0) is 20.4 Å². The molecule has 0 unspecified atom stereocenters. The number of hydrogen-bond acceptors (Lipinski definition) is 4. The van der Waals surface area contributed by atoms with Crippen molar-refractivity contribution in [3.05, 3.63) is 34.4 Å². The summed E-state index contributed by atoms with van der Waals surface area (Å²) >= 11 is 0. The molecule has 27 heavy (non-hydrogen) atoms. The molecule has 0 atom stereocenters. The molecule has 0 aliphatic carbocycles. The van der Waals surface area contributed by atoms with Gasteiger partial charge in [-0.15, -0.1) is 0 Å². The number of barbiturate groups is 1. The highest BCUT2D eigenvalue weighted by atomic mass is 16.2. The molecule has 4 amide bonds. The highest BCUT2D eigenvalue weighted by molar-refractivity contribution is 6.31. The van der Waals surface area contributed by atoms with Crippen LogP contribution in [0.3, 0.4) is 0 Å². The third-order valence-corrected chi connectivity index (χ3v) is 6.17. The maximum atomic E-state index is 12.1. The van der Waals surface area contributed by atoms with Crippen LogP contribution in [0, 0.1) is 0 Å². The van der Waals surface area contributed by atoms with Gasteiger partial charge in [-0.3, -0.25) is 20.2 Å². The standard InChI is InChI=1S/C21H25N3O3/c1-20(2)5-7-24-8-6-21(3,4)15-11-12(10-14(20)16(15)24)9-13-17(25)22-19(27)23-18(13)26/h9-11H,5-8H2,1-4H3,(H2,22,23,25,26,27). The molecule has 1 fully saturated rings. The zero-order valence-electron chi connectivity index (χ0n) is 16.2. The molecular formula is C21H25N3O3. The lowest BCUT2D eigenvalue weighted by Gasteiger charge is -2.48. The zero-order chi connectivity index (χ0) is 19.6. The summed E-state index contributed by atoms with van der Waals surface area (Å²) in [6.45, 7) is 11.1. The van der Waals surface area contributed by atoms with Crippen molar-refractivity contribution in [2.45, 2.75) is 51.4 Å². The molecule has 0 radical (unpaired) electrons. The summed E-state index contributed by atoms with van der Waals surface area (Å²) in [7, 11) is 0. The fourth-order valence-corrected chi connectivity index (χ4v) is 4.32. The van der Waals surface area contributed by atoms with E-state index in [2.05, 4.69) is 55.4 Å². The summed E-state index contributed by atoms with van der Waals surface area (Å²) in [6.07, 6.45) is 3.72. The van der Waals surface area contributed by atoms with Crippen molar-refractivity contribution in [3.63, 3.8) is 0 Å². The SMILES string of the molecule is CC1(C)CCN2CCC(C)(C)c3cc(C=C4C(=O)NC(=O)NC4=O)cc1c32. The Bertz CT molecular complexity index is 848. The Kier molecular flexibility index (Phi) is 3.74. The average molecular weight is 367 g/mol. The molecule has 3 aliphatic heterocycles. The van der Waals surface area contributed by atoms with Crippen molar-refractivity contribution in [3.8, 4) is 0 Å². The van der Waals surface area contributed by atoms with E-state index >= 15 is 0 Å². The first kappa shape index (κ1) is 17.8. The lowest BCUT2D eigenvalue weighted by molar-refractivity contribution is -0.123. The average Bonchev–Trinajstić information content (AvgIpc) is 2.56. The Labute approximate surface area is 159 Å². The monoisotopic (exact) mass is 367 g/mol. The van der Waals surface area contributed by atoms with E-state index in [-0.39, 0.29) is 16.4 Å². The van der Waals surface area contributed by atoms with E-state index in [0.717, 1.165) is 31.5 Å². The second-order valence-corrected chi connectivity index (χ2v) is 9.01. The minimum Gasteiger partial charge on any atom is -0.371 e. The van der Waals surface area contributed by atoms with Gasteiger partial charge in [0.15, 0.2) is 0 Å². The van der Waals surface area contributed by atoms with Crippen molar-refractivity contribution in [1.29, 1.82) is 0 Å². The minimum atomic E-state index is -0.777. The van der Waals surface area contributed by atoms with Gasteiger partial charge in [-0.25, -0.2) is 4.79 Å². The van der Waals surface area contributed by atoms with Crippen LogP contribution in [0.4, 0.5) is 10.5 Å². The summed E-state index contributed by atoms with van der Waals surface area (Å²) in [5.74, 6) is -1.31. The van der Waals surface area contributed by atoms with Crippen LogP contribution in [0.1, 0.15) is 57.2 Å². The van der Waals surface area contributed by atoms with Gasteiger partial charge < -0.3 is 4.90 Å². The molecule has 3 aliphatic rings. The second kappa shape index (κ2) is 5.68. The van der Waals surface area contributed by atoms with Crippen molar-refractivity contribution in [1.82, 2.24) is 10.6 Å². The third kappa shape index (κ3) is 2.83. The maximum absolute atomic E-state index is 12.1. The van der Waals surface area contributed by atoms with Crippen molar-refractivity contribution >= 4 is 29.6 Å². The minimum absolute atomic E-state index is 0.0234. The van der Waals surface area contributed by atoms with E-state index in [4.69, 9.17) is 0 Å². The summed E-state index contributed by atoms with van der Waals surface area (Å²) in [5, 5.41) is 4.27. The number of anilines is 1. The van der Waals surface area contributed by atoms with Gasteiger partial charge in [-0.1, -0.05) is 27.7 Å².